The van der Waals surface area contributed by atoms with E-state index < -0.39 is 0 Å². The van der Waals surface area contributed by atoms with Gasteiger partial charge in [-0.2, -0.15) is 0 Å². The molecule has 0 aromatic heterocycles. The topological polar surface area (TPSA) is 46.5 Å². The second-order valence-electron chi connectivity index (χ2n) is 2.76. The fraction of sp³-hybridized carbons (Fsp3) is 0.273. The molecule has 0 atom stereocenters. The molecule has 1 aromatic rings. The predicted molar refractivity (Wildman–Crippen MR) is 52.9 cm³/mol. The Balaban J connectivity index is 2.86. The molecular weight excluding hydrogens is 180 g/mol. The Bertz CT molecular complexity index is 296. The number of hydrogen-bond acceptors (Lipinski definition) is 3. The van der Waals surface area contributed by atoms with Gasteiger partial charge >= 0.3 is 0 Å². The first-order chi connectivity index (χ1) is 6.81. The van der Waals surface area contributed by atoms with Crippen molar-refractivity contribution in [3.05, 3.63) is 41.5 Å². The van der Waals surface area contributed by atoms with E-state index in [1.165, 1.54) is 0 Å². The standard InChI is InChI=1S/C11H13O3/c1-2-14-11(8-13)10-5-3-4-9(6-10)7-12/h3-7,13H,2,8H2,1H3. The van der Waals surface area contributed by atoms with Crippen molar-refractivity contribution in [1.29, 1.82) is 0 Å². The van der Waals surface area contributed by atoms with Gasteiger partial charge < -0.3 is 9.84 Å². The molecule has 1 aromatic carbocycles. The summed E-state index contributed by atoms with van der Waals surface area (Å²) in [5.41, 5.74) is 1.33. The van der Waals surface area contributed by atoms with E-state index in [9.17, 15) is 4.79 Å². The molecule has 0 heterocycles. The van der Waals surface area contributed by atoms with Crippen molar-refractivity contribution in [2.75, 3.05) is 13.2 Å². The van der Waals surface area contributed by atoms with Gasteiger partial charge in [-0.1, -0.05) is 18.2 Å². The summed E-state index contributed by atoms with van der Waals surface area (Å²) >= 11 is 0. The highest BCUT2D eigenvalue weighted by molar-refractivity contribution is 5.75. The Morgan fingerprint density at radius 3 is 2.93 bits per heavy atom. The first kappa shape index (κ1) is 10.9. The number of aliphatic hydroxyl groups excluding tert-OH is 1. The van der Waals surface area contributed by atoms with E-state index in [1.54, 1.807) is 24.3 Å². The van der Waals surface area contributed by atoms with E-state index >= 15 is 0 Å². The molecule has 3 heteroatoms. The molecule has 1 rings (SSSR count). The number of rotatable bonds is 5. The van der Waals surface area contributed by atoms with Crippen molar-refractivity contribution in [3.63, 3.8) is 0 Å². The van der Waals surface area contributed by atoms with Gasteiger partial charge in [0.2, 0.25) is 0 Å². The number of carbonyl (C=O) groups excluding carboxylic acids is 1. The fourth-order valence-electron chi connectivity index (χ4n) is 1.18. The number of hydrogen-bond donors (Lipinski definition) is 1. The summed E-state index contributed by atoms with van der Waals surface area (Å²) in [6.45, 7) is 2.19. The van der Waals surface area contributed by atoms with Crippen LogP contribution in [0.3, 0.4) is 0 Å². The first-order valence-electron chi connectivity index (χ1n) is 4.47. The zero-order valence-corrected chi connectivity index (χ0v) is 8.06. The molecule has 1 N–H and O–H groups in total. The summed E-state index contributed by atoms with van der Waals surface area (Å²) in [6, 6.07) is 6.95. The number of aldehydes is 1. The van der Waals surface area contributed by atoms with Gasteiger partial charge in [-0.05, 0) is 18.6 Å². The summed E-state index contributed by atoms with van der Waals surface area (Å²) in [5.74, 6) is 0. The highest BCUT2D eigenvalue weighted by Gasteiger charge is 2.11. The summed E-state index contributed by atoms with van der Waals surface area (Å²) in [5, 5.41) is 9.02. The van der Waals surface area contributed by atoms with Crippen LogP contribution in [0.5, 0.6) is 0 Å². The molecule has 75 valence electrons. The summed E-state index contributed by atoms with van der Waals surface area (Å²) in [6.07, 6.45) is 1.26. The number of carbonyl (C=O) groups is 1. The SMILES string of the molecule is CCO[C](CO)c1cccc(C=O)c1. The number of ether oxygens (including phenoxy) is 1. The van der Waals surface area contributed by atoms with E-state index in [2.05, 4.69) is 0 Å². The molecule has 0 aliphatic rings. The van der Waals surface area contributed by atoms with E-state index in [0.29, 0.717) is 18.3 Å². The van der Waals surface area contributed by atoms with Gasteiger partial charge in [-0.3, -0.25) is 4.79 Å². The lowest BCUT2D eigenvalue weighted by Gasteiger charge is -2.13. The molecule has 0 aliphatic heterocycles. The second kappa shape index (κ2) is 5.52. The lowest BCUT2D eigenvalue weighted by molar-refractivity contribution is 0.112. The van der Waals surface area contributed by atoms with Crippen molar-refractivity contribution in [2.24, 2.45) is 0 Å². The highest BCUT2D eigenvalue weighted by Crippen LogP contribution is 2.16. The van der Waals surface area contributed by atoms with E-state index in [-0.39, 0.29) is 6.61 Å². The summed E-state index contributed by atoms with van der Waals surface area (Å²) < 4.78 is 5.23. The molecule has 0 unspecified atom stereocenters. The van der Waals surface area contributed by atoms with Crippen molar-refractivity contribution < 1.29 is 14.6 Å². The molecule has 0 aliphatic carbocycles. The maximum absolute atomic E-state index is 10.5. The van der Waals surface area contributed by atoms with Gasteiger partial charge in [-0.15, -0.1) is 0 Å². The normalized spacial score (nSPS) is 10.5. The minimum Gasteiger partial charge on any atom is -0.393 e. The van der Waals surface area contributed by atoms with Gasteiger partial charge in [0.15, 0.2) is 6.10 Å². The van der Waals surface area contributed by atoms with Crippen molar-refractivity contribution in [2.45, 2.75) is 6.92 Å². The summed E-state index contributed by atoms with van der Waals surface area (Å²) in [4.78, 5) is 10.5. The molecule has 1 radical (unpaired) electrons. The van der Waals surface area contributed by atoms with Crippen LogP contribution in [0.15, 0.2) is 24.3 Å². The van der Waals surface area contributed by atoms with E-state index in [0.717, 1.165) is 11.8 Å². The van der Waals surface area contributed by atoms with Crippen LogP contribution in [0.1, 0.15) is 22.8 Å². The van der Waals surface area contributed by atoms with Gasteiger partial charge in [0, 0.05) is 12.2 Å². The molecule has 0 spiro atoms. The molecule has 3 nitrogen and oxygen atoms in total. The Labute approximate surface area is 83.3 Å². The van der Waals surface area contributed by atoms with Crippen LogP contribution in [0.25, 0.3) is 0 Å². The quantitative estimate of drug-likeness (QED) is 0.719. The molecule has 14 heavy (non-hydrogen) atoms. The second-order valence-corrected chi connectivity index (χ2v) is 2.76. The van der Waals surface area contributed by atoms with Gasteiger partial charge in [0.25, 0.3) is 0 Å². The smallest absolute Gasteiger partial charge is 0.151 e. The average Bonchev–Trinajstić information content (AvgIpc) is 2.26. The molecule has 0 saturated carbocycles. The first-order valence-corrected chi connectivity index (χ1v) is 4.47. The summed E-state index contributed by atoms with van der Waals surface area (Å²) in [7, 11) is 0. The lowest BCUT2D eigenvalue weighted by Crippen LogP contribution is -2.10. The minimum absolute atomic E-state index is 0.157. The molecule has 0 bridgehead atoms. The predicted octanol–water partition coefficient (Wildman–Crippen LogP) is 1.41. The Hall–Kier alpha value is -1.19. The van der Waals surface area contributed by atoms with Crippen molar-refractivity contribution in [1.82, 2.24) is 0 Å². The molecule has 0 saturated heterocycles. The molecular formula is C11H13O3. The van der Waals surface area contributed by atoms with Crippen LogP contribution in [0.4, 0.5) is 0 Å². The third-order valence-corrected chi connectivity index (χ3v) is 1.81. The largest absolute Gasteiger partial charge is 0.393 e. The zero-order chi connectivity index (χ0) is 10.4. The van der Waals surface area contributed by atoms with Gasteiger partial charge in [-0.25, -0.2) is 0 Å². The maximum atomic E-state index is 10.5. The van der Waals surface area contributed by atoms with Crippen LogP contribution in [0.2, 0.25) is 0 Å². The Morgan fingerprint density at radius 1 is 1.57 bits per heavy atom. The monoisotopic (exact) mass is 193 g/mol. The third kappa shape index (κ3) is 2.65. The van der Waals surface area contributed by atoms with Crippen LogP contribution in [-0.4, -0.2) is 24.6 Å². The number of aliphatic hydroxyl groups is 1. The molecule has 0 amide bonds. The maximum Gasteiger partial charge on any atom is 0.151 e. The van der Waals surface area contributed by atoms with Gasteiger partial charge in [0.05, 0.1) is 6.61 Å². The van der Waals surface area contributed by atoms with Crippen LogP contribution < -0.4 is 0 Å². The fourth-order valence-corrected chi connectivity index (χ4v) is 1.18. The van der Waals surface area contributed by atoms with Gasteiger partial charge in [0.1, 0.15) is 6.29 Å². The Morgan fingerprint density at radius 2 is 2.36 bits per heavy atom. The Kier molecular flexibility index (Phi) is 4.29. The highest BCUT2D eigenvalue weighted by atomic mass is 16.5. The third-order valence-electron chi connectivity index (χ3n) is 1.81. The lowest BCUT2D eigenvalue weighted by atomic mass is 10.1. The average molecular weight is 193 g/mol. The van der Waals surface area contributed by atoms with Crippen LogP contribution in [-0.2, 0) is 4.74 Å². The van der Waals surface area contributed by atoms with Crippen molar-refractivity contribution in [3.8, 4) is 0 Å². The number of benzene rings is 1. The van der Waals surface area contributed by atoms with Crippen molar-refractivity contribution >= 4 is 6.29 Å². The van der Waals surface area contributed by atoms with E-state index in [1.807, 2.05) is 6.92 Å². The van der Waals surface area contributed by atoms with E-state index in [4.69, 9.17) is 9.84 Å². The van der Waals surface area contributed by atoms with Crippen LogP contribution >= 0.6 is 0 Å². The minimum atomic E-state index is -0.157. The van der Waals surface area contributed by atoms with Crippen LogP contribution in [0, 0.1) is 6.10 Å². The zero-order valence-electron chi connectivity index (χ0n) is 8.06. The molecule has 0 fully saturated rings.